The first kappa shape index (κ1) is 19.7. The summed E-state index contributed by atoms with van der Waals surface area (Å²) in [5, 5.41) is 0. The van der Waals surface area contributed by atoms with Gasteiger partial charge >= 0.3 is 0 Å². The van der Waals surface area contributed by atoms with Crippen LogP contribution in [-0.2, 0) is 11.2 Å². The zero-order valence-corrected chi connectivity index (χ0v) is 17.4. The van der Waals surface area contributed by atoms with E-state index in [4.69, 9.17) is 9.72 Å². The molecule has 0 saturated carbocycles. The lowest BCUT2D eigenvalue weighted by Crippen LogP contribution is -2.46. The number of piperidine rings is 1. The standard InChI is InChI=1S/C25H24FN3O2/c1-16-27-14-21(17-8-10-20(26)11-9-17)24(28-16)19-6-4-12-29(15-19)25(30)23-13-18-5-2-3-7-22(18)31-23/h2-3,5,7-11,14,19,23H,4,6,12-13,15H2,1H3/t19-,23-/m1/s1. The molecule has 31 heavy (non-hydrogen) atoms. The first-order chi connectivity index (χ1) is 15.1. The molecule has 0 unspecified atom stereocenters. The lowest BCUT2D eigenvalue weighted by molar-refractivity contribution is -0.139. The average molecular weight is 417 g/mol. The number of nitrogens with zero attached hydrogens (tertiary/aromatic N) is 3. The van der Waals surface area contributed by atoms with Crippen LogP contribution in [0.3, 0.4) is 0 Å². The molecule has 0 N–H and O–H groups in total. The molecule has 0 radical (unpaired) electrons. The molecule has 3 aromatic rings. The lowest BCUT2D eigenvalue weighted by Gasteiger charge is -2.34. The molecule has 2 atom stereocenters. The number of fused-ring (bicyclic) bond motifs is 1. The minimum absolute atomic E-state index is 0.0370. The Labute approximate surface area is 180 Å². The van der Waals surface area contributed by atoms with Crippen LogP contribution in [0.1, 0.15) is 35.8 Å². The zero-order valence-electron chi connectivity index (χ0n) is 17.4. The maximum absolute atomic E-state index is 13.4. The topological polar surface area (TPSA) is 55.3 Å². The summed E-state index contributed by atoms with van der Waals surface area (Å²) in [6.45, 7) is 3.19. The molecular weight excluding hydrogens is 393 g/mol. The fourth-order valence-corrected chi connectivity index (χ4v) is 4.57. The van der Waals surface area contributed by atoms with E-state index in [1.54, 1.807) is 12.1 Å². The van der Waals surface area contributed by atoms with Gasteiger partial charge in [-0.05, 0) is 49.1 Å². The number of carbonyl (C=O) groups excluding carboxylic acids is 1. The second kappa shape index (κ2) is 8.10. The van der Waals surface area contributed by atoms with E-state index in [0.29, 0.717) is 18.8 Å². The molecule has 0 bridgehead atoms. The van der Waals surface area contributed by atoms with Gasteiger partial charge in [0.15, 0.2) is 6.10 Å². The van der Waals surface area contributed by atoms with Crippen LogP contribution in [0.5, 0.6) is 5.75 Å². The summed E-state index contributed by atoms with van der Waals surface area (Å²) < 4.78 is 19.4. The normalized spacial score (nSPS) is 20.3. The molecule has 6 heteroatoms. The van der Waals surface area contributed by atoms with Gasteiger partial charge in [0.2, 0.25) is 0 Å². The van der Waals surface area contributed by atoms with Crippen molar-refractivity contribution in [3.05, 3.63) is 77.6 Å². The number of halogens is 1. The van der Waals surface area contributed by atoms with Gasteiger partial charge < -0.3 is 9.64 Å². The summed E-state index contributed by atoms with van der Waals surface area (Å²) in [7, 11) is 0. The van der Waals surface area contributed by atoms with Crippen molar-refractivity contribution < 1.29 is 13.9 Å². The Kier molecular flexibility index (Phi) is 5.14. The first-order valence-corrected chi connectivity index (χ1v) is 10.7. The highest BCUT2D eigenvalue weighted by Crippen LogP contribution is 2.35. The number of ether oxygens (including phenoxy) is 1. The minimum Gasteiger partial charge on any atom is -0.480 e. The molecule has 2 aliphatic heterocycles. The Morgan fingerprint density at radius 1 is 1.16 bits per heavy atom. The predicted octanol–water partition coefficient (Wildman–Crippen LogP) is 4.30. The monoisotopic (exact) mass is 417 g/mol. The number of hydrogen-bond acceptors (Lipinski definition) is 4. The van der Waals surface area contributed by atoms with Gasteiger partial charge in [0.25, 0.3) is 5.91 Å². The van der Waals surface area contributed by atoms with Crippen LogP contribution in [0.25, 0.3) is 11.1 Å². The van der Waals surface area contributed by atoms with Crippen molar-refractivity contribution in [3.63, 3.8) is 0 Å². The van der Waals surface area contributed by atoms with Crippen LogP contribution in [0.15, 0.2) is 54.7 Å². The Morgan fingerprint density at radius 3 is 2.77 bits per heavy atom. The van der Waals surface area contributed by atoms with E-state index >= 15 is 0 Å². The molecule has 1 amide bonds. The van der Waals surface area contributed by atoms with Crippen LogP contribution < -0.4 is 4.74 Å². The average Bonchev–Trinajstić information content (AvgIpc) is 3.24. The Hall–Kier alpha value is -3.28. The molecule has 0 spiro atoms. The number of aromatic nitrogens is 2. The number of aryl methyl sites for hydroxylation is 1. The molecule has 5 rings (SSSR count). The van der Waals surface area contributed by atoms with Crippen molar-refractivity contribution in [1.29, 1.82) is 0 Å². The van der Waals surface area contributed by atoms with Crippen molar-refractivity contribution in [2.75, 3.05) is 13.1 Å². The molecule has 0 aliphatic carbocycles. The van der Waals surface area contributed by atoms with Gasteiger partial charge in [-0.3, -0.25) is 4.79 Å². The number of para-hydroxylation sites is 1. The minimum atomic E-state index is -0.458. The van der Waals surface area contributed by atoms with Crippen molar-refractivity contribution in [2.24, 2.45) is 0 Å². The Morgan fingerprint density at radius 2 is 1.97 bits per heavy atom. The maximum atomic E-state index is 13.4. The van der Waals surface area contributed by atoms with E-state index in [-0.39, 0.29) is 17.6 Å². The molecule has 5 nitrogen and oxygen atoms in total. The van der Waals surface area contributed by atoms with Gasteiger partial charge in [-0.2, -0.15) is 0 Å². The van der Waals surface area contributed by atoms with E-state index < -0.39 is 6.10 Å². The number of hydrogen-bond donors (Lipinski definition) is 0. The van der Waals surface area contributed by atoms with Crippen molar-refractivity contribution in [2.45, 2.75) is 38.2 Å². The summed E-state index contributed by atoms with van der Waals surface area (Å²) in [4.78, 5) is 24.3. The van der Waals surface area contributed by atoms with Crippen LogP contribution in [0, 0.1) is 12.7 Å². The van der Waals surface area contributed by atoms with Crippen molar-refractivity contribution in [1.82, 2.24) is 14.9 Å². The molecule has 2 aliphatic rings. The van der Waals surface area contributed by atoms with E-state index in [9.17, 15) is 9.18 Å². The number of likely N-dealkylation sites (tertiary alicyclic amines) is 1. The first-order valence-electron chi connectivity index (χ1n) is 10.7. The Balaban J connectivity index is 1.38. The largest absolute Gasteiger partial charge is 0.480 e. The van der Waals surface area contributed by atoms with Crippen LogP contribution in [0.2, 0.25) is 0 Å². The van der Waals surface area contributed by atoms with E-state index in [1.807, 2.05) is 42.3 Å². The summed E-state index contributed by atoms with van der Waals surface area (Å²) in [6, 6.07) is 14.2. The fraction of sp³-hybridized carbons (Fsp3) is 0.320. The Bertz CT molecular complexity index is 1090. The SMILES string of the molecule is Cc1ncc(-c2ccc(F)cc2)c([C@@H]2CCCN(C(=O)[C@H]3Cc4ccccc4O3)C2)n1. The van der Waals surface area contributed by atoms with Gasteiger partial charge in [-0.1, -0.05) is 30.3 Å². The molecule has 1 fully saturated rings. The lowest BCUT2D eigenvalue weighted by atomic mass is 9.89. The number of amides is 1. The van der Waals surface area contributed by atoms with E-state index in [2.05, 4.69) is 4.98 Å². The number of benzene rings is 2. The van der Waals surface area contributed by atoms with E-state index in [0.717, 1.165) is 47.5 Å². The third-order valence-electron chi connectivity index (χ3n) is 6.14. The van der Waals surface area contributed by atoms with Crippen molar-refractivity contribution in [3.8, 4) is 16.9 Å². The second-order valence-corrected chi connectivity index (χ2v) is 8.26. The maximum Gasteiger partial charge on any atom is 0.264 e. The highest BCUT2D eigenvalue weighted by Gasteiger charge is 2.35. The van der Waals surface area contributed by atoms with Crippen LogP contribution in [-0.4, -0.2) is 40.0 Å². The zero-order chi connectivity index (χ0) is 21.4. The number of rotatable bonds is 3. The molecule has 3 heterocycles. The third-order valence-corrected chi connectivity index (χ3v) is 6.14. The molecular formula is C25H24FN3O2. The van der Waals surface area contributed by atoms with Crippen LogP contribution >= 0.6 is 0 Å². The number of carbonyl (C=O) groups is 1. The van der Waals surface area contributed by atoms with Gasteiger partial charge in [0, 0.05) is 37.2 Å². The smallest absolute Gasteiger partial charge is 0.264 e. The quantitative estimate of drug-likeness (QED) is 0.638. The van der Waals surface area contributed by atoms with E-state index in [1.165, 1.54) is 12.1 Å². The molecule has 1 aromatic heterocycles. The van der Waals surface area contributed by atoms with Gasteiger partial charge in [0.1, 0.15) is 17.4 Å². The van der Waals surface area contributed by atoms with Gasteiger partial charge in [0.05, 0.1) is 5.69 Å². The molecule has 1 saturated heterocycles. The van der Waals surface area contributed by atoms with Gasteiger partial charge in [-0.25, -0.2) is 14.4 Å². The summed E-state index contributed by atoms with van der Waals surface area (Å²) in [5.74, 6) is 1.36. The molecule has 2 aromatic carbocycles. The van der Waals surface area contributed by atoms with Crippen molar-refractivity contribution >= 4 is 5.91 Å². The molecule has 158 valence electrons. The fourth-order valence-electron chi connectivity index (χ4n) is 4.57. The predicted molar refractivity (Wildman–Crippen MR) is 115 cm³/mol. The second-order valence-electron chi connectivity index (χ2n) is 8.26. The highest BCUT2D eigenvalue weighted by atomic mass is 19.1. The highest BCUT2D eigenvalue weighted by molar-refractivity contribution is 5.83. The third kappa shape index (κ3) is 3.90. The summed E-state index contributed by atoms with van der Waals surface area (Å²) >= 11 is 0. The van der Waals surface area contributed by atoms with Crippen LogP contribution in [0.4, 0.5) is 4.39 Å². The summed E-state index contributed by atoms with van der Waals surface area (Å²) in [6.07, 6.45) is 3.81. The van der Waals surface area contributed by atoms with Gasteiger partial charge in [-0.15, -0.1) is 0 Å². The summed E-state index contributed by atoms with van der Waals surface area (Å²) in [5.41, 5.74) is 3.79.